The van der Waals surface area contributed by atoms with Gasteiger partial charge in [0, 0.05) is 23.4 Å². The minimum absolute atomic E-state index is 0.456. The Labute approximate surface area is 125 Å². The monoisotopic (exact) mass is 283 g/mol. The number of hydrogen-bond acceptors (Lipinski definition) is 3. The van der Waals surface area contributed by atoms with E-state index < -0.39 is 6.10 Å². The van der Waals surface area contributed by atoms with Gasteiger partial charge in [0.25, 0.3) is 0 Å². The molecule has 0 spiro atoms. The van der Waals surface area contributed by atoms with Crippen molar-refractivity contribution in [2.75, 3.05) is 6.61 Å². The highest BCUT2D eigenvalue weighted by molar-refractivity contribution is 5.40. The molecule has 0 saturated carbocycles. The number of ether oxygens (including phenoxy) is 1. The summed E-state index contributed by atoms with van der Waals surface area (Å²) in [5, 5.41) is 10.4. The molecule has 2 aromatic rings. The van der Waals surface area contributed by atoms with E-state index in [1.807, 2.05) is 32.0 Å². The number of hydrogen-bond donors (Lipinski definition) is 1. The van der Waals surface area contributed by atoms with Gasteiger partial charge in [0.1, 0.15) is 5.75 Å². The molecule has 2 heterocycles. The predicted octanol–water partition coefficient (Wildman–Crippen LogP) is 3.30. The van der Waals surface area contributed by atoms with Crippen LogP contribution in [0, 0.1) is 13.8 Å². The summed E-state index contributed by atoms with van der Waals surface area (Å²) in [6.45, 7) is 4.71. The molecular weight excluding hydrogens is 262 g/mol. The van der Waals surface area contributed by atoms with Gasteiger partial charge in [0.2, 0.25) is 0 Å². The van der Waals surface area contributed by atoms with E-state index in [2.05, 4.69) is 17.1 Å². The van der Waals surface area contributed by atoms with Gasteiger partial charge in [0.05, 0.1) is 12.7 Å². The van der Waals surface area contributed by atoms with E-state index in [-0.39, 0.29) is 0 Å². The molecule has 110 valence electrons. The Bertz CT molecular complexity index is 652. The third-order valence-corrected chi connectivity index (χ3v) is 4.09. The van der Waals surface area contributed by atoms with E-state index in [0.717, 1.165) is 42.1 Å². The minimum atomic E-state index is -0.456. The standard InChI is InChI=1S/C18H21NO2/c1-12-3-6-16(13(2)19-12)17(20)7-4-14-5-8-18-15(11-14)9-10-21-18/h3,5-6,8,11,17,20H,4,7,9-10H2,1-2H3. The Morgan fingerprint density at radius 3 is 2.90 bits per heavy atom. The topological polar surface area (TPSA) is 42.4 Å². The molecule has 0 amide bonds. The third kappa shape index (κ3) is 3.08. The van der Waals surface area contributed by atoms with Crippen molar-refractivity contribution >= 4 is 0 Å². The lowest BCUT2D eigenvalue weighted by atomic mass is 9.99. The highest BCUT2D eigenvalue weighted by Gasteiger charge is 2.14. The molecule has 1 aliphatic rings. The van der Waals surface area contributed by atoms with Crippen LogP contribution in [0.4, 0.5) is 0 Å². The van der Waals surface area contributed by atoms with Crippen molar-refractivity contribution in [2.45, 2.75) is 39.2 Å². The summed E-state index contributed by atoms with van der Waals surface area (Å²) < 4.78 is 5.52. The van der Waals surface area contributed by atoms with Gasteiger partial charge in [-0.1, -0.05) is 18.2 Å². The van der Waals surface area contributed by atoms with Crippen molar-refractivity contribution < 1.29 is 9.84 Å². The van der Waals surface area contributed by atoms with Gasteiger partial charge in [-0.15, -0.1) is 0 Å². The maximum Gasteiger partial charge on any atom is 0.122 e. The van der Waals surface area contributed by atoms with Crippen molar-refractivity contribution in [3.8, 4) is 5.75 Å². The number of aliphatic hydroxyl groups excluding tert-OH is 1. The Morgan fingerprint density at radius 2 is 2.10 bits per heavy atom. The van der Waals surface area contributed by atoms with Crippen molar-refractivity contribution in [1.82, 2.24) is 4.98 Å². The molecule has 1 N–H and O–H groups in total. The van der Waals surface area contributed by atoms with Crippen LogP contribution in [-0.4, -0.2) is 16.7 Å². The fourth-order valence-electron chi connectivity index (χ4n) is 2.90. The molecule has 1 aromatic heterocycles. The van der Waals surface area contributed by atoms with Gasteiger partial charge in [0.15, 0.2) is 0 Å². The van der Waals surface area contributed by atoms with Crippen molar-refractivity contribution in [3.05, 3.63) is 58.4 Å². The number of benzene rings is 1. The van der Waals surface area contributed by atoms with Crippen molar-refractivity contribution in [3.63, 3.8) is 0 Å². The SMILES string of the molecule is Cc1ccc(C(O)CCc2ccc3c(c2)CCO3)c(C)n1. The molecule has 1 aromatic carbocycles. The van der Waals surface area contributed by atoms with E-state index in [1.54, 1.807) is 0 Å². The van der Waals surface area contributed by atoms with E-state index in [4.69, 9.17) is 4.74 Å². The molecule has 3 nitrogen and oxygen atoms in total. The van der Waals surface area contributed by atoms with Gasteiger partial charge < -0.3 is 9.84 Å². The summed E-state index contributed by atoms with van der Waals surface area (Å²) in [6, 6.07) is 10.3. The summed E-state index contributed by atoms with van der Waals surface area (Å²) in [5.74, 6) is 1.01. The molecule has 1 atom stereocenters. The lowest BCUT2D eigenvalue weighted by molar-refractivity contribution is 0.166. The largest absolute Gasteiger partial charge is 0.493 e. The van der Waals surface area contributed by atoms with Crippen LogP contribution < -0.4 is 4.74 Å². The average Bonchev–Trinajstić information content (AvgIpc) is 2.92. The summed E-state index contributed by atoms with van der Waals surface area (Å²) in [4.78, 5) is 4.42. The van der Waals surface area contributed by atoms with E-state index in [9.17, 15) is 5.11 Å². The molecule has 0 radical (unpaired) electrons. The van der Waals surface area contributed by atoms with Crippen LogP contribution >= 0.6 is 0 Å². The second-order valence-electron chi connectivity index (χ2n) is 5.72. The number of rotatable bonds is 4. The zero-order valence-electron chi connectivity index (χ0n) is 12.6. The first-order valence-electron chi connectivity index (χ1n) is 7.50. The molecule has 0 aliphatic carbocycles. The molecule has 0 saturated heterocycles. The van der Waals surface area contributed by atoms with Gasteiger partial charge in [-0.25, -0.2) is 0 Å². The first-order valence-corrected chi connectivity index (χ1v) is 7.50. The van der Waals surface area contributed by atoms with Crippen LogP contribution in [0.2, 0.25) is 0 Å². The Balaban J connectivity index is 1.67. The Morgan fingerprint density at radius 1 is 1.24 bits per heavy atom. The van der Waals surface area contributed by atoms with Crippen molar-refractivity contribution in [2.24, 2.45) is 0 Å². The normalized spacial score (nSPS) is 14.6. The number of aliphatic hydroxyl groups is 1. The molecule has 3 heteroatoms. The first kappa shape index (κ1) is 14.1. The fourth-order valence-corrected chi connectivity index (χ4v) is 2.90. The minimum Gasteiger partial charge on any atom is -0.493 e. The smallest absolute Gasteiger partial charge is 0.122 e. The van der Waals surface area contributed by atoms with Gasteiger partial charge in [-0.2, -0.15) is 0 Å². The van der Waals surface area contributed by atoms with E-state index >= 15 is 0 Å². The van der Waals surface area contributed by atoms with E-state index in [0.29, 0.717) is 6.42 Å². The molecule has 3 rings (SSSR count). The second-order valence-corrected chi connectivity index (χ2v) is 5.72. The summed E-state index contributed by atoms with van der Waals surface area (Å²) in [6.07, 6.45) is 2.11. The quantitative estimate of drug-likeness (QED) is 0.936. The lowest BCUT2D eigenvalue weighted by Gasteiger charge is -2.14. The molecule has 21 heavy (non-hydrogen) atoms. The van der Waals surface area contributed by atoms with Crippen LogP contribution in [0.3, 0.4) is 0 Å². The maximum atomic E-state index is 10.4. The van der Waals surface area contributed by atoms with Crippen LogP contribution in [0.15, 0.2) is 30.3 Å². The van der Waals surface area contributed by atoms with Crippen molar-refractivity contribution in [1.29, 1.82) is 0 Å². The lowest BCUT2D eigenvalue weighted by Crippen LogP contribution is -2.04. The second kappa shape index (κ2) is 5.86. The highest BCUT2D eigenvalue weighted by Crippen LogP contribution is 2.27. The molecule has 1 aliphatic heterocycles. The number of fused-ring (bicyclic) bond motifs is 1. The Kier molecular flexibility index (Phi) is 3.93. The highest BCUT2D eigenvalue weighted by atomic mass is 16.5. The zero-order valence-corrected chi connectivity index (χ0v) is 12.6. The van der Waals surface area contributed by atoms with Crippen LogP contribution in [-0.2, 0) is 12.8 Å². The molecule has 1 unspecified atom stereocenters. The Hall–Kier alpha value is -1.87. The molecular formula is C18H21NO2. The third-order valence-electron chi connectivity index (χ3n) is 4.09. The predicted molar refractivity (Wildman–Crippen MR) is 82.6 cm³/mol. The number of aromatic nitrogens is 1. The van der Waals surface area contributed by atoms with E-state index in [1.165, 1.54) is 11.1 Å². The number of nitrogens with zero attached hydrogens (tertiary/aromatic N) is 1. The van der Waals surface area contributed by atoms with Crippen LogP contribution in [0.5, 0.6) is 5.75 Å². The van der Waals surface area contributed by atoms with Crippen LogP contribution in [0.1, 0.15) is 40.6 Å². The van der Waals surface area contributed by atoms with Gasteiger partial charge in [-0.3, -0.25) is 4.98 Å². The van der Waals surface area contributed by atoms with Gasteiger partial charge >= 0.3 is 0 Å². The average molecular weight is 283 g/mol. The molecule has 0 bridgehead atoms. The first-order chi connectivity index (χ1) is 10.1. The summed E-state index contributed by atoms with van der Waals surface area (Å²) in [7, 11) is 0. The maximum absolute atomic E-state index is 10.4. The number of aryl methyl sites for hydroxylation is 3. The summed E-state index contributed by atoms with van der Waals surface area (Å²) >= 11 is 0. The summed E-state index contributed by atoms with van der Waals surface area (Å²) in [5.41, 5.74) is 5.39. The zero-order chi connectivity index (χ0) is 14.8. The van der Waals surface area contributed by atoms with Gasteiger partial charge in [-0.05, 0) is 49.9 Å². The number of pyridine rings is 1. The van der Waals surface area contributed by atoms with Crippen LogP contribution in [0.25, 0.3) is 0 Å². The fraction of sp³-hybridized carbons (Fsp3) is 0.389. The molecule has 0 fully saturated rings.